The largest absolute Gasteiger partial charge is 0.471 e. The number of anilines is 1. The molecule has 0 fully saturated rings. The van der Waals surface area contributed by atoms with Gasteiger partial charge in [0.15, 0.2) is 0 Å². The van der Waals surface area contributed by atoms with Gasteiger partial charge in [-0.2, -0.15) is 13.2 Å². The van der Waals surface area contributed by atoms with E-state index in [1.54, 1.807) is 5.32 Å². The van der Waals surface area contributed by atoms with Crippen LogP contribution in [0.5, 0.6) is 0 Å². The summed E-state index contributed by atoms with van der Waals surface area (Å²) in [5.41, 5.74) is 0.308. The van der Waals surface area contributed by atoms with Gasteiger partial charge >= 0.3 is 12.1 Å². The van der Waals surface area contributed by atoms with Gasteiger partial charge in [0.05, 0.1) is 0 Å². The highest BCUT2D eigenvalue weighted by Crippen LogP contribution is 2.18. The summed E-state index contributed by atoms with van der Waals surface area (Å²) in [5, 5.41) is 1.65. The SMILES string of the molecule is O=Cc1ccc(NC(=O)C(F)(F)F)cc1. The lowest BCUT2D eigenvalue weighted by Gasteiger charge is -2.07. The predicted molar refractivity (Wildman–Crippen MR) is 46.5 cm³/mol. The summed E-state index contributed by atoms with van der Waals surface area (Å²) >= 11 is 0. The van der Waals surface area contributed by atoms with E-state index >= 15 is 0 Å². The molecule has 15 heavy (non-hydrogen) atoms. The second-order valence-electron chi connectivity index (χ2n) is 2.69. The van der Waals surface area contributed by atoms with Crippen LogP contribution in [0, 0.1) is 0 Å². The van der Waals surface area contributed by atoms with Crippen LogP contribution in [0.15, 0.2) is 24.3 Å². The molecule has 0 atom stereocenters. The molecule has 0 bridgehead atoms. The Morgan fingerprint density at radius 1 is 1.20 bits per heavy atom. The number of aldehydes is 1. The zero-order valence-corrected chi connectivity index (χ0v) is 7.34. The molecule has 1 amide bonds. The number of halogens is 3. The molecule has 0 spiro atoms. The van der Waals surface area contributed by atoms with Gasteiger partial charge in [0.2, 0.25) is 0 Å². The minimum Gasteiger partial charge on any atom is -0.318 e. The quantitative estimate of drug-likeness (QED) is 0.770. The van der Waals surface area contributed by atoms with Crippen LogP contribution in [-0.2, 0) is 4.79 Å². The zero-order chi connectivity index (χ0) is 11.5. The first-order chi connectivity index (χ1) is 6.93. The minimum atomic E-state index is -4.91. The van der Waals surface area contributed by atoms with Gasteiger partial charge in [-0.15, -0.1) is 0 Å². The lowest BCUT2D eigenvalue weighted by Crippen LogP contribution is -2.29. The fourth-order valence-electron chi connectivity index (χ4n) is 0.847. The Hall–Kier alpha value is -1.85. The van der Waals surface area contributed by atoms with Crippen LogP contribution in [0.1, 0.15) is 10.4 Å². The highest BCUT2D eigenvalue weighted by atomic mass is 19.4. The average molecular weight is 217 g/mol. The smallest absolute Gasteiger partial charge is 0.318 e. The minimum absolute atomic E-state index is 0.0112. The fraction of sp³-hybridized carbons (Fsp3) is 0.111. The molecule has 0 saturated heterocycles. The highest BCUT2D eigenvalue weighted by molar-refractivity contribution is 5.95. The van der Waals surface area contributed by atoms with Crippen molar-refractivity contribution in [2.24, 2.45) is 0 Å². The average Bonchev–Trinajstić information content (AvgIpc) is 2.17. The van der Waals surface area contributed by atoms with E-state index in [4.69, 9.17) is 0 Å². The second-order valence-corrected chi connectivity index (χ2v) is 2.69. The number of nitrogens with one attached hydrogen (secondary N) is 1. The predicted octanol–water partition coefficient (Wildman–Crippen LogP) is 2.00. The van der Waals surface area contributed by atoms with E-state index in [-0.39, 0.29) is 5.69 Å². The van der Waals surface area contributed by atoms with Gasteiger partial charge in [-0.25, -0.2) is 0 Å². The second kappa shape index (κ2) is 4.12. The molecule has 1 N–H and O–H groups in total. The molecule has 0 radical (unpaired) electrons. The monoisotopic (exact) mass is 217 g/mol. The molecule has 80 valence electrons. The summed E-state index contributed by atoms with van der Waals surface area (Å²) in [6, 6.07) is 5.04. The molecule has 0 saturated carbocycles. The third kappa shape index (κ3) is 3.08. The number of amides is 1. The number of hydrogen-bond donors (Lipinski definition) is 1. The summed E-state index contributed by atoms with van der Waals surface area (Å²) in [6.07, 6.45) is -4.36. The van der Waals surface area contributed by atoms with Crippen molar-refractivity contribution >= 4 is 17.9 Å². The standard InChI is InChI=1S/C9H6F3NO2/c10-9(11,12)8(15)13-7-3-1-6(5-14)2-4-7/h1-5H,(H,13,15). The lowest BCUT2D eigenvalue weighted by molar-refractivity contribution is -0.167. The number of benzene rings is 1. The number of carbonyl (C=O) groups is 2. The van der Waals surface area contributed by atoms with E-state index in [0.717, 1.165) is 0 Å². The molecule has 0 unspecified atom stereocenters. The van der Waals surface area contributed by atoms with E-state index in [1.807, 2.05) is 0 Å². The maximum atomic E-state index is 11.8. The van der Waals surface area contributed by atoms with Crippen LogP contribution >= 0.6 is 0 Å². The Labute approximate surface area is 82.9 Å². The number of carbonyl (C=O) groups excluding carboxylic acids is 2. The topological polar surface area (TPSA) is 46.2 Å². The van der Waals surface area contributed by atoms with Crippen LogP contribution in [-0.4, -0.2) is 18.4 Å². The van der Waals surface area contributed by atoms with Gasteiger partial charge in [0, 0.05) is 11.3 Å². The van der Waals surface area contributed by atoms with Crippen LogP contribution in [0.4, 0.5) is 18.9 Å². The van der Waals surface area contributed by atoms with E-state index in [2.05, 4.69) is 0 Å². The molecule has 3 nitrogen and oxygen atoms in total. The molecule has 0 aromatic heterocycles. The van der Waals surface area contributed by atoms with E-state index in [9.17, 15) is 22.8 Å². The van der Waals surface area contributed by atoms with Crippen molar-refractivity contribution < 1.29 is 22.8 Å². The molecule has 6 heteroatoms. The van der Waals surface area contributed by atoms with Gasteiger partial charge in [0.1, 0.15) is 6.29 Å². The molecular formula is C9H6F3NO2. The number of alkyl halides is 3. The van der Waals surface area contributed by atoms with E-state index in [0.29, 0.717) is 11.8 Å². The normalized spacial score (nSPS) is 10.9. The summed E-state index contributed by atoms with van der Waals surface area (Å²) in [5.74, 6) is -2.04. The summed E-state index contributed by atoms with van der Waals surface area (Å²) in [4.78, 5) is 20.7. The molecule has 0 aliphatic rings. The van der Waals surface area contributed by atoms with Gasteiger partial charge in [0.25, 0.3) is 0 Å². The molecule has 0 aliphatic heterocycles. The molecule has 0 aliphatic carbocycles. The Kier molecular flexibility index (Phi) is 3.08. The maximum absolute atomic E-state index is 11.8. The van der Waals surface area contributed by atoms with Gasteiger partial charge in [-0.1, -0.05) is 0 Å². The molecule has 1 aromatic carbocycles. The highest BCUT2D eigenvalue weighted by Gasteiger charge is 2.38. The third-order valence-corrected chi connectivity index (χ3v) is 1.56. The van der Waals surface area contributed by atoms with Crippen molar-refractivity contribution in [2.45, 2.75) is 6.18 Å². The van der Waals surface area contributed by atoms with Crippen LogP contribution in [0.3, 0.4) is 0 Å². The van der Waals surface area contributed by atoms with Crippen molar-refractivity contribution in [3.05, 3.63) is 29.8 Å². The number of hydrogen-bond acceptors (Lipinski definition) is 2. The first-order valence-corrected chi connectivity index (χ1v) is 3.87. The van der Waals surface area contributed by atoms with Gasteiger partial charge < -0.3 is 5.32 Å². The Balaban J connectivity index is 2.74. The lowest BCUT2D eigenvalue weighted by atomic mass is 10.2. The van der Waals surface area contributed by atoms with Gasteiger partial charge in [-0.3, -0.25) is 9.59 Å². The summed E-state index contributed by atoms with van der Waals surface area (Å²) in [6.45, 7) is 0. The van der Waals surface area contributed by atoms with Crippen molar-refractivity contribution in [1.29, 1.82) is 0 Å². The van der Waals surface area contributed by atoms with Crippen LogP contribution < -0.4 is 5.32 Å². The van der Waals surface area contributed by atoms with Crippen molar-refractivity contribution in [1.82, 2.24) is 0 Å². The summed E-state index contributed by atoms with van der Waals surface area (Å²) < 4.78 is 35.4. The van der Waals surface area contributed by atoms with Crippen LogP contribution in [0.2, 0.25) is 0 Å². The van der Waals surface area contributed by atoms with Crippen molar-refractivity contribution in [3.63, 3.8) is 0 Å². The van der Waals surface area contributed by atoms with Gasteiger partial charge in [-0.05, 0) is 24.3 Å². The Morgan fingerprint density at radius 2 is 1.73 bits per heavy atom. The fourth-order valence-corrected chi connectivity index (χ4v) is 0.847. The molecular weight excluding hydrogens is 211 g/mol. The molecule has 1 rings (SSSR count). The summed E-state index contributed by atoms with van der Waals surface area (Å²) in [7, 11) is 0. The zero-order valence-electron chi connectivity index (χ0n) is 7.34. The van der Waals surface area contributed by atoms with E-state index in [1.165, 1.54) is 24.3 Å². The van der Waals surface area contributed by atoms with Crippen molar-refractivity contribution in [2.75, 3.05) is 5.32 Å². The molecule has 1 aromatic rings. The van der Waals surface area contributed by atoms with Crippen molar-refractivity contribution in [3.8, 4) is 0 Å². The Morgan fingerprint density at radius 3 is 2.13 bits per heavy atom. The maximum Gasteiger partial charge on any atom is 0.471 e. The number of rotatable bonds is 2. The first kappa shape index (κ1) is 11.2. The third-order valence-electron chi connectivity index (χ3n) is 1.56. The van der Waals surface area contributed by atoms with E-state index < -0.39 is 12.1 Å². The van der Waals surface area contributed by atoms with Crippen LogP contribution in [0.25, 0.3) is 0 Å². The Bertz CT molecular complexity index is 370. The molecule has 0 heterocycles. The first-order valence-electron chi connectivity index (χ1n) is 3.87.